The van der Waals surface area contributed by atoms with E-state index in [1.54, 1.807) is 6.07 Å². The Morgan fingerprint density at radius 3 is 1.86 bits per heavy atom. The Kier molecular flexibility index (Phi) is 4.80. The molecule has 1 aromatic carbocycles. The molecule has 0 amide bonds. The van der Waals surface area contributed by atoms with Gasteiger partial charge in [-0.2, -0.15) is 0 Å². The predicted octanol–water partition coefficient (Wildman–Crippen LogP) is 1.08. The van der Waals surface area contributed by atoms with Gasteiger partial charge in [-0.05, 0) is 25.5 Å². The Labute approximate surface area is 81.9 Å². The maximum Gasteiger partial charge on any atom is 0.466 e. The lowest BCUT2D eigenvalue weighted by Gasteiger charge is -1.97. The molecule has 0 aliphatic carbocycles. The van der Waals surface area contributed by atoms with Crippen LogP contribution in [0.15, 0.2) is 18.2 Å². The van der Waals surface area contributed by atoms with Crippen LogP contribution in [0.5, 0.6) is 5.75 Å². The number of phosphoric acid groups is 1. The molecule has 0 bridgehead atoms. The fourth-order valence-electron chi connectivity index (χ4n) is 0.805. The second-order valence-corrected chi connectivity index (χ2v) is 3.83. The molecule has 0 unspecified atom stereocenters. The van der Waals surface area contributed by atoms with Crippen LogP contribution < -0.4 is 0 Å². The van der Waals surface area contributed by atoms with Crippen molar-refractivity contribution in [3.63, 3.8) is 0 Å². The summed E-state index contributed by atoms with van der Waals surface area (Å²) in [6, 6.07) is 5.56. The van der Waals surface area contributed by atoms with Crippen LogP contribution in [0.2, 0.25) is 0 Å². The quantitative estimate of drug-likeness (QED) is 0.490. The van der Waals surface area contributed by atoms with Gasteiger partial charge in [0.05, 0.1) is 0 Å². The van der Waals surface area contributed by atoms with Gasteiger partial charge >= 0.3 is 7.82 Å². The largest absolute Gasteiger partial charge is 0.508 e. The third kappa shape index (κ3) is 7.76. The molecule has 6 heteroatoms. The maximum absolute atomic E-state index is 9.04. The number of phenols is 1. The normalized spacial score (nSPS) is 10.4. The summed E-state index contributed by atoms with van der Waals surface area (Å²) < 4.78 is 8.88. The van der Waals surface area contributed by atoms with E-state index in [0.29, 0.717) is 5.75 Å². The van der Waals surface area contributed by atoms with Crippen molar-refractivity contribution in [1.29, 1.82) is 0 Å². The summed E-state index contributed by atoms with van der Waals surface area (Å²) in [5.41, 5.74) is 2.13. The van der Waals surface area contributed by atoms with Gasteiger partial charge in [0.25, 0.3) is 0 Å². The lowest BCUT2D eigenvalue weighted by molar-refractivity contribution is 0.275. The second-order valence-electron chi connectivity index (χ2n) is 2.80. The minimum Gasteiger partial charge on any atom is -0.508 e. The minimum absolute atomic E-state index is 0.376. The first-order valence-corrected chi connectivity index (χ1v) is 5.31. The molecular formula is C8H13O5P. The van der Waals surface area contributed by atoms with Crippen LogP contribution in [0, 0.1) is 13.8 Å². The summed E-state index contributed by atoms with van der Waals surface area (Å²) in [6.45, 7) is 3.90. The highest BCUT2D eigenvalue weighted by Gasteiger charge is 2.00. The predicted molar refractivity (Wildman–Crippen MR) is 51.8 cm³/mol. The summed E-state index contributed by atoms with van der Waals surface area (Å²) in [7, 11) is -4.64. The van der Waals surface area contributed by atoms with Crippen molar-refractivity contribution < 1.29 is 24.4 Å². The molecule has 80 valence electrons. The van der Waals surface area contributed by atoms with Crippen LogP contribution >= 0.6 is 7.82 Å². The Morgan fingerprint density at radius 1 is 1.14 bits per heavy atom. The van der Waals surface area contributed by atoms with Gasteiger partial charge in [-0.25, -0.2) is 4.57 Å². The van der Waals surface area contributed by atoms with Gasteiger partial charge in [0.2, 0.25) is 0 Å². The zero-order valence-corrected chi connectivity index (χ0v) is 8.77. The van der Waals surface area contributed by atoms with Crippen LogP contribution in [0.1, 0.15) is 11.1 Å². The minimum atomic E-state index is -4.64. The number of benzene rings is 1. The maximum atomic E-state index is 9.04. The Hall–Kier alpha value is -0.870. The van der Waals surface area contributed by atoms with E-state index in [2.05, 4.69) is 0 Å². The molecule has 0 saturated heterocycles. The molecule has 14 heavy (non-hydrogen) atoms. The first-order chi connectivity index (χ1) is 6.20. The Morgan fingerprint density at radius 2 is 1.57 bits per heavy atom. The highest BCUT2D eigenvalue weighted by molar-refractivity contribution is 7.45. The molecule has 0 aromatic heterocycles. The molecule has 0 atom stereocenters. The van der Waals surface area contributed by atoms with E-state index in [4.69, 9.17) is 24.4 Å². The lowest BCUT2D eigenvalue weighted by atomic mass is 10.1. The molecule has 4 N–H and O–H groups in total. The summed E-state index contributed by atoms with van der Waals surface area (Å²) in [5.74, 6) is 0.376. The van der Waals surface area contributed by atoms with E-state index >= 15 is 0 Å². The van der Waals surface area contributed by atoms with Crippen molar-refractivity contribution in [2.45, 2.75) is 13.8 Å². The van der Waals surface area contributed by atoms with E-state index in [-0.39, 0.29) is 0 Å². The summed E-state index contributed by atoms with van der Waals surface area (Å²) in [5, 5.41) is 9.04. The molecule has 1 aromatic rings. The van der Waals surface area contributed by atoms with Gasteiger partial charge in [-0.15, -0.1) is 0 Å². The average molecular weight is 220 g/mol. The van der Waals surface area contributed by atoms with E-state index in [1.807, 2.05) is 26.0 Å². The highest BCUT2D eigenvalue weighted by atomic mass is 31.2. The van der Waals surface area contributed by atoms with Crippen molar-refractivity contribution in [2.75, 3.05) is 0 Å². The topological polar surface area (TPSA) is 98.0 Å². The van der Waals surface area contributed by atoms with Crippen LogP contribution in [-0.2, 0) is 4.57 Å². The smallest absolute Gasteiger partial charge is 0.466 e. The fraction of sp³-hybridized carbons (Fsp3) is 0.250. The number of aryl methyl sites for hydroxylation is 2. The van der Waals surface area contributed by atoms with Crippen molar-refractivity contribution >= 4 is 7.82 Å². The van der Waals surface area contributed by atoms with Crippen molar-refractivity contribution in [2.24, 2.45) is 0 Å². The molecule has 0 aliphatic heterocycles. The van der Waals surface area contributed by atoms with Crippen LogP contribution in [0.4, 0.5) is 0 Å². The van der Waals surface area contributed by atoms with Gasteiger partial charge in [-0.3, -0.25) is 0 Å². The molecule has 0 aliphatic rings. The van der Waals surface area contributed by atoms with E-state index in [0.717, 1.165) is 5.56 Å². The third-order valence-electron chi connectivity index (χ3n) is 1.35. The molecular weight excluding hydrogens is 207 g/mol. The van der Waals surface area contributed by atoms with Gasteiger partial charge in [-0.1, -0.05) is 17.7 Å². The Bertz CT molecular complexity index is 335. The van der Waals surface area contributed by atoms with Crippen LogP contribution in [0.3, 0.4) is 0 Å². The number of hydrogen-bond donors (Lipinski definition) is 4. The highest BCUT2D eigenvalue weighted by Crippen LogP contribution is 2.25. The van der Waals surface area contributed by atoms with Gasteiger partial charge in [0.1, 0.15) is 5.75 Å². The number of aromatic hydroxyl groups is 1. The first-order valence-electron chi connectivity index (χ1n) is 3.74. The SMILES string of the molecule is Cc1ccc(O)c(C)c1.O=P(O)(O)O. The van der Waals surface area contributed by atoms with Crippen LogP contribution in [-0.4, -0.2) is 19.8 Å². The Balaban J connectivity index is 0.000000292. The van der Waals surface area contributed by atoms with E-state index in [9.17, 15) is 0 Å². The van der Waals surface area contributed by atoms with Gasteiger partial charge in [0, 0.05) is 0 Å². The molecule has 0 saturated carbocycles. The van der Waals surface area contributed by atoms with Crippen molar-refractivity contribution in [3.8, 4) is 5.75 Å². The second kappa shape index (κ2) is 5.12. The summed E-state index contributed by atoms with van der Waals surface area (Å²) in [6.07, 6.45) is 0. The monoisotopic (exact) mass is 220 g/mol. The molecule has 1 rings (SSSR count). The van der Waals surface area contributed by atoms with Crippen LogP contribution in [0.25, 0.3) is 0 Å². The van der Waals surface area contributed by atoms with E-state index in [1.165, 1.54) is 5.56 Å². The van der Waals surface area contributed by atoms with E-state index < -0.39 is 7.82 Å². The molecule has 0 spiro atoms. The van der Waals surface area contributed by atoms with Gasteiger partial charge in [0.15, 0.2) is 0 Å². The molecule has 0 radical (unpaired) electrons. The van der Waals surface area contributed by atoms with Crippen molar-refractivity contribution in [1.82, 2.24) is 0 Å². The van der Waals surface area contributed by atoms with Crippen molar-refractivity contribution in [3.05, 3.63) is 29.3 Å². The average Bonchev–Trinajstić information content (AvgIpc) is 1.94. The molecule has 0 fully saturated rings. The zero-order valence-electron chi connectivity index (χ0n) is 7.88. The number of hydrogen-bond acceptors (Lipinski definition) is 2. The standard InChI is InChI=1S/C8H10O.H3O4P/c1-6-3-4-8(9)7(2)5-6;1-5(2,3)4/h3-5,9H,1-2H3;(H3,1,2,3,4). The number of phenolic OH excluding ortho intramolecular Hbond substituents is 1. The zero-order chi connectivity index (χ0) is 11.4. The molecule has 0 heterocycles. The lowest BCUT2D eigenvalue weighted by Crippen LogP contribution is -1.75. The summed E-state index contributed by atoms with van der Waals surface area (Å²) >= 11 is 0. The first kappa shape index (κ1) is 13.1. The fourth-order valence-corrected chi connectivity index (χ4v) is 0.805. The molecule has 5 nitrogen and oxygen atoms in total. The third-order valence-corrected chi connectivity index (χ3v) is 1.35. The summed E-state index contributed by atoms with van der Waals surface area (Å²) in [4.78, 5) is 21.6. The number of rotatable bonds is 0. The van der Waals surface area contributed by atoms with Gasteiger partial charge < -0.3 is 19.8 Å².